The molecule has 2 aliphatic rings. The average Bonchev–Trinajstić information content (AvgIpc) is 3.26. The van der Waals surface area contributed by atoms with Gasteiger partial charge in [-0.1, -0.05) is 0 Å². The molecule has 3 aromatic rings. The number of hydrogen-bond donors (Lipinski definition) is 3. The van der Waals surface area contributed by atoms with E-state index in [1.54, 1.807) is 18.0 Å². The SMILES string of the molecule is CSC1(C(=O)Nc2ccc3[nH]nc(-c4ccc(OC5CC5)nc4)c3c2)CCNC1. The van der Waals surface area contributed by atoms with Crippen LogP contribution in [-0.4, -0.2) is 51.3 Å². The Bertz CT molecular complexity index is 1040. The summed E-state index contributed by atoms with van der Waals surface area (Å²) >= 11 is 1.61. The van der Waals surface area contributed by atoms with E-state index in [0.29, 0.717) is 18.5 Å². The number of nitrogens with zero attached hydrogens (tertiary/aromatic N) is 2. The van der Waals surface area contributed by atoms with Crippen LogP contribution in [0.5, 0.6) is 5.88 Å². The molecule has 29 heavy (non-hydrogen) atoms. The fraction of sp³-hybridized carbons (Fsp3) is 0.381. The highest BCUT2D eigenvalue weighted by Crippen LogP contribution is 2.33. The van der Waals surface area contributed by atoms with E-state index in [-0.39, 0.29) is 5.91 Å². The van der Waals surface area contributed by atoms with Gasteiger partial charge in [0.05, 0.1) is 5.52 Å². The van der Waals surface area contributed by atoms with Gasteiger partial charge in [-0.05, 0) is 56.3 Å². The second-order valence-corrected chi connectivity index (χ2v) is 8.80. The second-order valence-electron chi connectivity index (χ2n) is 7.61. The minimum atomic E-state index is -0.407. The number of aromatic nitrogens is 3. The summed E-state index contributed by atoms with van der Waals surface area (Å²) in [7, 11) is 0. The molecule has 0 radical (unpaired) electrons. The number of rotatable bonds is 6. The van der Waals surface area contributed by atoms with E-state index in [9.17, 15) is 4.79 Å². The number of carbonyl (C=O) groups excluding carboxylic acids is 1. The number of nitrogens with one attached hydrogen (secondary N) is 3. The number of hydrogen-bond acceptors (Lipinski definition) is 6. The fourth-order valence-corrected chi connectivity index (χ4v) is 4.42. The Kier molecular flexibility index (Phi) is 4.67. The molecule has 1 aliphatic heterocycles. The summed E-state index contributed by atoms with van der Waals surface area (Å²) in [6.07, 6.45) is 7.15. The molecule has 2 fully saturated rings. The monoisotopic (exact) mass is 409 g/mol. The Morgan fingerprint density at radius 1 is 1.31 bits per heavy atom. The molecule has 3 heterocycles. The molecular formula is C21H23N5O2S. The molecule has 1 atom stereocenters. The summed E-state index contributed by atoms with van der Waals surface area (Å²) in [5.74, 6) is 0.694. The largest absolute Gasteiger partial charge is 0.474 e. The van der Waals surface area contributed by atoms with E-state index >= 15 is 0 Å². The lowest BCUT2D eigenvalue weighted by Crippen LogP contribution is -2.41. The molecule has 1 amide bonds. The first-order valence-corrected chi connectivity index (χ1v) is 11.1. The van der Waals surface area contributed by atoms with Gasteiger partial charge in [-0.2, -0.15) is 5.10 Å². The number of ether oxygens (including phenoxy) is 1. The van der Waals surface area contributed by atoms with Crippen molar-refractivity contribution in [3.05, 3.63) is 36.5 Å². The smallest absolute Gasteiger partial charge is 0.241 e. The number of pyridine rings is 1. The van der Waals surface area contributed by atoms with Gasteiger partial charge < -0.3 is 15.4 Å². The van der Waals surface area contributed by atoms with Crippen molar-refractivity contribution in [1.82, 2.24) is 20.5 Å². The normalized spacial score (nSPS) is 21.4. The minimum absolute atomic E-state index is 0.0441. The zero-order valence-electron chi connectivity index (χ0n) is 16.2. The van der Waals surface area contributed by atoms with Crippen LogP contribution in [0.4, 0.5) is 5.69 Å². The number of thioether (sulfide) groups is 1. The van der Waals surface area contributed by atoms with Gasteiger partial charge in [0, 0.05) is 35.4 Å². The zero-order valence-corrected chi connectivity index (χ0v) is 17.0. The van der Waals surface area contributed by atoms with Crippen LogP contribution in [0.2, 0.25) is 0 Å². The molecular weight excluding hydrogens is 386 g/mol. The quantitative estimate of drug-likeness (QED) is 0.579. The van der Waals surface area contributed by atoms with Crippen molar-refractivity contribution in [2.75, 3.05) is 24.7 Å². The highest BCUT2D eigenvalue weighted by atomic mass is 32.2. The lowest BCUT2D eigenvalue weighted by atomic mass is 10.1. The predicted octanol–water partition coefficient (Wildman–Crippen LogP) is 3.20. The van der Waals surface area contributed by atoms with E-state index in [2.05, 4.69) is 25.8 Å². The molecule has 1 aliphatic carbocycles. The Morgan fingerprint density at radius 2 is 2.21 bits per heavy atom. The van der Waals surface area contributed by atoms with Crippen LogP contribution in [0.3, 0.4) is 0 Å². The number of fused-ring (bicyclic) bond motifs is 1. The van der Waals surface area contributed by atoms with Gasteiger partial charge in [-0.15, -0.1) is 11.8 Å². The molecule has 1 unspecified atom stereocenters. The number of carbonyl (C=O) groups is 1. The summed E-state index contributed by atoms with van der Waals surface area (Å²) < 4.78 is 5.32. The molecule has 3 N–H and O–H groups in total. The topological polar surface area (TPSA) is 91.9 Å². The molecule has 1 saturated heterocycles. The Labute approximate surface area is 173 Å². The van der Waals surface area contributed by atoms with Gasteiger partial charge >= 0.3 is 0 Å². The molecule has 0 spiro atoms. The third-order valence-electron chi connectivity index (χ3n) is 5.56. The second kappa shape index (κ2) is 7.35. The van der Waals surface area contributed by atoms with Gasteiger partial charge in [0.2, 0.25) is 11.8 Å². The van der Waals surface area contributed by atoms with Crippen LogP contribution in [0.25, 0.3) is 22.2 Å². The van der Waals surface area contributed by atoms with Crippen molar-refractivity contribution in [1.29, 1.82) is 0 Å². The van der Waals surface area contributed by atoms with Crippen molar-refractivity contribution in [2.45, 2.75) is 30.1 Å². The molecule has 8 heteroatoms. The van der Waals surface area contributed by atoms with E-state index < -0.39 is 4.75 Å². The number of H-pyrrole nitrogens is 1. The standard InChI is InChI=1S/C21H23N5O2S/c1-29-21(8-9-22-12-21)20(27)24-14-3-6-17-16(10-14)19(26-25-17)13-2-7-18(23-11-13)28-15-4-5-15/h2-3,6-7,10-11,15,22H,4-5,8-9,12H2,1H3,(H,24,27)(H,25,26). The van der Waals surface area contributed by atoms with Crippen LogP contribution in [0.15, 0.2) is 36.5 Å². The lowest BCUT2D eigenvalue weighted by molar-refractivity contribution is -0.118. The predicted molar refractivity (Wildman–Crippen MR) is 115 cm³/mol. The van der Waals surface area contributed by atoms with Crippen molar-refractivity contribution < 1.29 is 9.53 Å². The molecule has 150 valence electrons. The van der Waals surface area contributed by atoms with Crippen molar-refractivity contribution in [3.63, 3.8) is 0 Å². The van der Waals surface area contributed by atoms with Crippen molar-refractivity contribution in [2.24, 2.45) is 0 Å². The number of aromatic amines is 1. The average molecular weight is 410 g/mol. The summed E-state index contributed by atoms with van der Waals surface area (Å²) in [6.45, 7) is 1.56. The van der Waals surface area contributed by atoms with E-state index in [1.807, 2.05) is 36.6 Å². The first kappa shape index (κ1) is 18.4. The molecule has 2 aromatic heterocycles. The van der Waals surface area contributed by atoms with E-state index in [4.69, 9.17) is 4.74 Å². The zero-order chi connectivity index (χ0) is 19.8. The first-order valence-electron chi connectivity index (χ1n) is 9.85. The summed E-state index contributed by atoms with van der Waals surface area (Å²) in [5, 5.41) is 14.9. The summed E-state index contributed by atoms with van der Waals surface area (Å²) in [4.78, 5) is 17.3. The van der Waals surface area contributed by atoms with E-state index in [0.717, 1.165) is 53.7 Å². The van der Waals surface area contributed by atoms with Gasteiger partial charge in [0.25, 0.3) is 0 Å². The van der Waals surface area contributed by atoms with Crippen LogP contribution < -0.4 is 15.4 Å². The fourth-order valence-electron chi connectivity index (χ4n) is 3.63. The lowest BCUT2D eigenvalue weighted by Gasteiger charge is -2.24. The van der Waals surface area contributed by atoms with Crippen LogP contribution in [0, 0.1) is 0 Å². The van der Waals surface area contributed by atoms with Gasteiger partial charge in [-0.25, -0.2) is 4.98 Å². The number of benzene rings is 1. The van der Waals surface area contributed by atoms with Gasteiger partial charge in [-0.3, -0.25) is 9.89 Å². The molecule has 1 saturated carbocycles. The molecule has 0 bridgehead atoms. The molecule has 1 aromatic carbocycles. The van der Waals surface area contributed by atoms with Crippen LogP contribution in [-0.2, 0) is 4.79 Å². The van der Waals surface area contributed by atoms with Crippen LogP contribution >= 0.6 is 11.8 Å². The molecule has 7 nitrogen and oxygen atoms in total. The maximum absolute atomic E-state index is 12.9. The van der Waals surface area contributed by atoms with E-state index in [1.165, 1.54) is 0 Å². The maximum Gasteiger partial charge on any atom is 0.241 e. The third-order valence-corrected chi connectivity index (χ3v) is 6.88. The number of amides is 1. The highest BCUT2D eigenvalue weighted by Gasteiger charge is 2.40. The van der Waals surface area contributed by atoms with Gasteiger partial charge in [0.1, 0.15) is 16.5 Å². The summed E-state index contributed by atoms with van der Waals surface area (Å²) in [5.41, 5.74) is 3.40. The Balaban J connectivity index is 1.40. The van der Waals surface area contributed by atoms with Gasteiger partial charge in [0.15, 0.2) is 0 Å². The molecule has 5 rings (SSSR count). The first-order chi connectivity index (χ1) is 14.2. The Morgan fingerprint density at radius 3 is 2.90 bits per heavy atom. The number of anilines is 1. The third kappa shape index (κ3) is 3.58. The Hall–Kier alpha value is -2.58. The van der Waals surface area contributed by atoms with Crippen LogP contribution in [0.1, 0.15) is 19.3 Å². The highest BCUT2D eigenvalue weighted by molar-refractivity contribution is 8.00. The van der Waals surface area contributed by atoms with Crippen molar-refractivity contribution >= 4 is 34.3 Å². The maximum atomic E-state index is 12.9. The minimum Gasteiger partial charge on any atom is -0.474 e. The van der Waals surface area contributed by atoms with Crippen molar-refractivity contribution in [3.8, 4) is 17.1 Å². The summed E-state index contributed by atoms with van der Waals surface area (Å²) in [6, 6.07) is 9.67.